The van der Waals surface area contributed by atoms with E-state index in [9.17, 15) is 4.39 Å². The van der Waals surface area contributed by atoms with E-state index in [2.05, 4.69) is 29.3 Å². The monoisotopic (exact) mass is 234 g/mol. The second-order valence-electron chi connectivity index (χ2n) is 4.53. The van der Waals surface area contributed by atoms with Crippen molar-refractivity contribution in [2.24, 2.45) is 5.92 Å². The molecule has 0 aliphatic rings. The molecule has 0 spiro atoms. The van der Waals surface area contributed by atoms with Crippen molar-refractivity contribution in [2.45, 2.75) is 27.3 Å². The first-order valence-corrected chi connectivity index (χ1v) is 5.60. The number of halogens is 1. The van der Waals surface area contributed by atoms with Crippen molar-refractivity contribution in [3.8, 4) is 11.4 Å². The lowest BCUT2D eigenvalue weighted by Gasteiger charge is -2.01. The van der Waals surface area contributed by atoms with Crippen molar-refractivity contribution in [2.75, 3.05) is 0 Å². The zero-order valence-electron chi connectivity index (χ0n) is 10.2. The van der Waals surface area contributed by atoms with E-state index in [1.54, 1.807) is 23.9 Å². The van der Waals surface area contributed by atoms with Crippen molar-refractivity contribution in [3.05, 3.63) is 29.6 Å². The van der Waals surface area contributed by atoms with Gasteiger partial charge in [0.25, 0.3) is 0 Å². The van der Waals surface area contributed by atoms with Crippen molar-refractivity contribution in [1.29, 1.82) is 0 Å². The average molecular weight is 234 g/mol. The molecule has 0 amide bonds. The lowest BCUT2D eigenvalue weighted by molar-refractivity contribution is 0.430. The van der Waals surface area contributed by atoms with Crippen LogP contribution in [-0.2, 0) is 6.54 Å². The van der Waals surface area contributed by atoms with Crippen molar-refractivity contribution >= 4 is 0 Å². The Hall–Kier alpha value is -1.78. The Morgan fingerprint density at radius 1 is 1.35 bits per heavy atom. The van der Waals surface area contributed by atoms with Gasteiger partial charge in [0, 0.05) is 5.56 Å². The minimum absolute atomic E-state index is 0.219. The molecule has 1 aromatic carbocycles. The van der Waals surface area contributed by atoms with Gasteiger partial charge in [-0.2, -0.15) is 4.80 Å². The summed E-state index contributed by atoms with van der Waals surface area (Å²) in [6.45, 7) is 6.63. The van der Waals surface area contributed by atoms with Gasteiger partial charge < -0.3 is 0 Å². The van der Waals surface area contributed by atoms with Gasteiger partial charge in [-0.25, -0.2) is 4.39 Å². The number of nitrogens with zero attached hydrogens (tertiary/aromatic N) is 4. The molecule has 0 fully saturated rings. The van der Waals surface area contributed by atoms with Gasteiger partial charge in [0.15, 0.2) is 0 Å². The lowest BCUT2D eigenvalue weighted by atomic mass is 10.1. The summed E-state index contributed by atoms with van der Waals surface area (Å²) < 4.78 is 13.1. The van der Waals surface area contributed by atoms with Crippen molar-refractivity contribution < 1.29 is 4.39 Å². The van der Waals surface area contributed by atoms with E-state index in [0.717, 1.165) is 12.1 Å². The summed E-state index contributed by atoms with van der Waals surface area (Å²) >= 11 is 0. The summed E-state index contributed by atoms with van der Waals surface area (Å²) in [4.78, 5) is 1.57. The Balaban J connectivity index is 2.27. The zero-order valence-corrected chi connectivity index (χ0v) is 10.2. The molecule has 0 bridgehead atoms. The first-order chi connectivity index (χ1) is 8.06. The number of hydrogen-bond acceptors (Lipinski definition) is 3. The molecule has 5 heteroatoms. The highest BCUT2D eigenvalue weighted by atomic mass is 19.1. The maximum absolute atomic E-state index is 13.1. The predicted octanol–water partition coefficient (Wildman–Crippen LogP) is 2.44. The highest BCUT2D eigenvalue weighted by molar-refractivity contribution is 5.54. The van der Waals surface area contributed by atoms with E-state index >= 15 is 0 Å². The maximum Gasteiger partial charge on any atom is 0.204 e. The number of aromatic nitrogens is 4. The SMILES string of the molecule is Cc1cc(-c2nnn(CC(C)C)n2)ccc1F. The maximum atomic E-state index is 13.1. The van der Waals surface area contributed by atoms with Gasteiger partial charge in [0.05, 0.1) is 6.54 Å². The highest BCUT2D eigenvalue weighted by Gasteiger charge is 2.08. The Kier molecular flexibility index (Phi) is 3.17. The molecule has 0 aliphatic heterocycles. The number of rotatable bonds is 3. The summed E-state index contributed by atoms with van der Waals surface area (Å²) in [5, 5.41) is 12.2. The minimum atomic E-state index is -0.219. The summed E-state index contributed by atoms with van der Waals surface area (Å²) in [5.41, 5.74) is 1.38. The standard InChI is InChI=1S/C12H15FN4/c1-8(2)7-17-15-12(14-16-17)10-4-5-11(13)9(3)6-10/h4-6,8H,7H2,1-3H3. The third-order valence-corrected chi connectivity index (χ3v) is 2.40. The van der Waals surface area contributed by atoms with Gasteiger partial charge in [0.2, 0.25) is 5.82 Å². The van der Waals surface area contributed by atoms with Crippen molar-refractivity contribution in [1.82, 2.24) is 20.2 Å². The molecule has 0 aliphatic carbocycles. The number of aryl methyl sites for hydroxylation is 1. The third kappa shape index (κ3) is 2.67. The summed E-state index contributed by atoms with van der Waals surface area (Å²) in [7, 11) is 0. The molecule has 0 N–H and O–H groups in total. The van der Waals surface area contributed by atoms with Crippen LogP contribution in [0.3, 0.4) is 0 Å². The number of benzene rings is 1. The molecule has 0 unspecified atom stereocenters. The fraction of sp³-hybridized carbons (Fsp3) is 0.417. The fourth-order valence-electron chi connectivity index (χ4n) is 1.55. The van der Waals surface area contributed by atoms with Crippen LogP contribution in [0.2, 0.25) is 0 Å². The van der Waals surface area contributed by atoms with E-state index in [0.29, 0.717) is 17.3 Å². The van der Waals surface area contributed by atoms with E-state index in [1.807, 2.05) is 0 Å². The molecule has 17 heavy (non-hydrogen) atoms. The quantitative estimate of drug-likeness (QED) is 0.819. The van der Waals surface area contributed by atoms with Crippen LogP contribution < -0.4 is 0 Å². The smallest absolute Gasteiger partial charge is 0.204 e. The van der Waals surface area contributed by atoms with Crippen LogP contribution in [0.15, 0.2) is 18.2 Å². The summed E-state index contributed by atoms with van der Waals surface area (Å²) in [6.07, 6.45) is 0. The number of tetrazole rings is 1. The highest BCUT2D eigenvalue weighted by Crippen LogP contribution is 2.17. The molecular formula is C12H15FN4. The lowest BCUT2D eigenvalue weighted by Crippen LogP contribution is -2.07. The predicted molar refractivity (Wildman–Crippen MR) is 62.8 cm³/mol. The van der Waals surface area contributed by atoms with Crippen LogP contribution in [0.25, 0.3) is 11.4 Å². The molecule has 0 saturated carbocycles. The Bertz CT molecular complexity index is 519. The summed E-state index contributed by atoms with van der Waals surface area (Å²) in [5.74, 6) is 0.782. The topological polar surface area (TPSA) is 43.6 Å². The third-order valence-electron chi connectivity index (χ3n) is 2.40. The number of hydrogen-bond donors (Lipinski definition) is 0. The second kappa shape index (κ2) is 4.61. The largest absolute Gasteiger partial charge is 0.207 e. The second-order valence-corrected chi connectivity index (χ2v) is 4.53. The molecule has 1 heterocycles. The van der Waals surface area contributed by atoms with Gasteiger partial charge in [-0.05, 0) is 41.8 Å². The average Bonchev–Trinajstić information content (AvgIpc) is 2.69. The van der Waals surface area contributed by atoms with Crippen LogP contribution in [0.4, 0.5) is 4.39 Å². The van der Waals surface area contributed by atoms with Crippen LogP contribution >= 0.6 is 0 Å². The van der Waals surface area contributed by atoms with Crippen molar-refractivity contribution in [3.63, 3.8) is 0 Å². The Labute approximate surface area is 99.5 Å². The molecule has 2 rings (SSSR count). The van der Waals surface area contributed by atoms with Gasteiger partial charge in [-0.15, -0.1) is 10.2 Å². The van der Waals surface area contributed by atoms with Gasteiger partial charge in [-0.3, -0.25) is 0 Å². The van der Waals surface area contributed by atoms with E-state index in [4.69, 9.17) is 0 Å². The molecular weight excluding hydrogens is 219 g/mol. The zero-order chi connectivity index (χ0) is 12.4. The van der Waals surface area contributed by atoms with E-state index < -0.39 is 0 Å². The molecule has 1 aromatic heterocycles. The molecule has 2 aromatic rings. The molecule has 0 radical (unpaired) electrons. The van der Waals surface area contributed by atoms with Crippen LogP contribution in [-0.4, -0.2) is 20.2 Å². The summed E-state index contributed by atoms with van der Waals surface area (Å²) in [6, 6.07) is 4.82. The molecule has 90 valence electrons. The first-order valence-electron chi connectivity index (χ1n) is 5.60. The Morgan fingerprint density at radius 3 is 2.76 bits per heavy atom. The van der Waals surface area contributed by atoms with Crippen LogP contribution in [0.1, 0.15) is 19.4 Å². The molecule has 0 saturated heterocycles. The Morgan fingerprint density at radius 2 is 2.12 bits per heavy atom. The van der Waals surface area contributed by atoms with Gasteiger partial charge >= 0.3 is 0 Å². The van der Waals surface area contributed by atoms with Crippen LogP contribution in [0, 0.1) is 18.7 Å². The molecule has 4 nitrogen and oxygen atoms in total. The fourth-order valence-corrected chi connectivity index (χ4v) is 1.55. The van der Waals surface area contributed by atoms with E-state index in [1.165, 1.54) is 6.07 Å². The van der Waals surface area contributed by atoms with Gasteiger partial charge in [0.1, 0.15) is 5.82 Å². The minimum Gasteiger partial charge on any atom is -0.207 e. The van der Waals surface area contributed by atoms with Crippen LogP contribution in [0.5, 0.6) is 0 Å². The first kappa shape index (κ1) is 11.7. The van der Waals surface area contributed by atoms with E-state index in [-0.39, 0.29) is 5.82 Å². The van der Waals surface area contributed by atoms with Gasteiger partial charge in [-0.1, -0.05) is 13.8 Å². The molecule has 0 atom stereocenters. The normalized spacial score (nSPS) is 11.1.